The average Bonchev–Trinajstić information content (AvgIpc) is 2.38. The second kappa shape index (κ2) is 5.36. The Labute approximate surface area is 99.3 Å². The van der Waals surface area contributed by atoms with Crippen LogP contribution in [0.5, 0.6) is 0 Å². The van der Waals surface area contributed by atoms with Gasteiger partial charge in [0, 0.05) is 13.6 Å². The summed E-state index contributed by atoms with van der Waals surface area (Å²) < 4.78 is 0. The number of carbonyl (C=O) groups is 1. The van der Waals surface area contributed by atoms with Gasteiger partial charge in [-0.2, -0.15) is 0 Å². The van der Waals surface area contributed by atoms with E-state index in [1.807, 2.05) is 24.3 Å². The molecule has 0 radical (unpaired) electrons. The van der Waals surface area contributed by atoms with E-state index in [-0.39, 0.29) is 12.5 Å². The van der Waals surface area contributed by atoms with Crippen molar-refractivity contribution in [3.05, 3.63) is 36.2 Å². The molecule has 0 aliphatic rings. The highest BCUT2D eigenvalue weighted by atomic mass is 16.1. The minimum atomic E-state index is -0.0428. The minimum Gasteiger partial charge on any atom is -0.358 e. The van der Waals surface area contributed by atoms with E-state index >= 15 is 0 Å². The van der Waals surface area contributed by atoms with Crippen molar-refractivity contribution in [3.8, 4) is 0 Å². The van der Waals surface area contributed by atoms with Crippen molar-refractivity contribution in [3.63, 3.8) is 0 Å². The van der Waals surface area contributed by atoms with E-state index in [9.17, 15) is 4.79 Å². The first kappa shape index (κ1) is 11.5. The van der Waals surface area contributed by atoms with Crippen molar-refractivity contribution in [2.24, 2.45) is 0 Å². The largest absolute Gasteiger partial charge is 0.358 e. The van der Waals surface area contributed by atoms with Crippen LogP contribution >= 0.6 is 0 Å². The Morgan fingerprint density at radius 1 is 1.29 bits per heavy atom. The number of para-hydroxylation sites is 2. The predicted octanol–water partition coefficient (Wildman–Crippen LogP) is 0.465. The molecule has 0 unspecified atom stereocenters. The molecular weight excluding hydrogens is 216 g/mol. The predicted molar refractivity (Wildman–Crippen MR) is 65.3 cm³/mol. The Bertz CT molecular complexity index is 527. The first-order valence-corrected chi connectivity index (χ1v) is 5.41. The SMILES string of the molecule is CNC(=O)CNCc1cnc2ccccc2n1. The number of benzene rings is 1. The van der Waals surface area contributed by atoms with Crippen molar-refractivity contribution in [1.82, 2.24) is 20.6 Å². The molecule has 0 aliphatic carbocycles. The lowest BCUT2D eigenvalue weighted by molar-refractivity contribution is -0.119. The van der Waals surface area contributed by atoms with Crippen LogP contribution in [-0.4, -0.2) is 29.5 Å². The van der Waals surface area contributed by atoms with E-state index in [4.69, 9.17) is 0 Å². The third kappa shape index (κ3) is 2.98. The van der Waals surface area contributed by atoms with Gasteiger partial charge in [0.2, 0.25) is 5.91 Å². The van der Waals surface area contributed by atoms with Crippen LogP contribution in [0.15, 0.2) is 30.5 Å². The monoisotopic (exact) mass is 230 g/mol. The Morgan fingerprint density at radius 2 is 2.06 bits per heavy atom. The third-order valence-corrected chi connectivity index (χ3v) is 2.37. The van der Waals surface area contributed by atoms with E-state index in [2.05, 4.69) is 20.6 Å². The Hall–Kier alpha value is -2.01. The number of nitrogens with zero attached hydrogens (tertiary/aromatic N) is 2. The summed E-state index contributed by atoms with van der Waals surface area (Å²) in [5.74, 6) is -0.0428. The van der Waals surface area contributed by atoms with Gasteiger partial charge in [-0.05, 0) is 12.1 Å². The molecule has 0 bridgehead atoms. The molecule has 88 valence electrons. The van der Waals surface area contributed by atoms with Gasteiger partial charge in [0.25, 0.3) is 0 Å². The highest BCUT2D eigenvalue weighted by Gasteiger charge is 2.00. The number of amides is 1. The first-order chi connectivity index (χ1) is 8.29. The summed E-state index contributed by atoms with van der Waals surface area (Å²) in [5.41, 5.74) is 2.57. The van der Waals surface area contributed by atoms with Gasteiger partial charge in [-0.15, -0.1) is 0 Å². The molecule has 1 amide bonds. The molecule has 0 aliphatic heterocycles. The molecule has 1 aromatic heterocycles. The molecule has 0 saturated heterocycles. The van der Waals surface area contributed by atoms with Crippen LogP contribution in [0.3, 0.4) is 0 Å². The molecule has 2 rings (SSSR count). The van der Waals surface area contributed by atoms with Gasteiger partial charge in [-0.1, -0.05) is 12.1 Å². The molecule has 2 aromatic rings. The van der Waals surface area contributed by atoms with Gasteiger partial charge in [0.1, 0.15) is 0 Å². The van der Waals surface area contributed by atoms with Crippen molar-refractivity contribution in [2.75, 3.05) is 13.6 Å². The number of fused-ring (bicyclic) bond motifs is 1. The highest BCUT2D eigenvalue weighted by molar-refractivity contribution is 5.77. The van der Waals surface area contributed by atoms with Crippen molar-refractivity contribution in [2.45, 2.75) is 6.54 Å². The molecular formula is C12H14N4O. The van der Waals surface area contributed by atoms with E-state index in [1.54, 1.807) is 13.2 Å². The second-order valence-electron chi connectivity index (χ2n) is 3.63. The molecule has 5 heteroatoms. The molecule has 2 N–H and O–H groups in total. The maximum absolute atomic E-state index is 11.0. The van der Waals surface area contributed by atoms with E-state index in [1.165, 1.54) is 0 Å². The zero-order chi connectivity index (χ0) is 12.1. The van der Waals surface area contributed by atoms with Gasteiger partial charge in [0.15, 0.2) is 0 Å². The number of likely N-dealkylation sites (N-methyl/N-ethyl adjacent to an activating group) is 1. The summed E-state index contributed by atoms with van der Waals surface area (Å²) >= 11 is 0. The molecule has 5 nitrogen and oxygen atoms in total. The normalized spacial score (nSPS) is 10.4. The summed E-state index contributed by atoms with van der Waals surface area (Å²) in [4.78, 5) is 19.7. The maximum Gasteiger partial charge on any atom is 0.233 e. The zero-order valence-electron chi connectivity index (χ0n) is 9.60. The van der Waals surface area contributed by atoms with E-state index in [0.29, 0.717) is 6.54 Å². The number of aromatic nitrogens is 2. The van der Waals surface area contributed by atoms with E-state index < -0.39 is 0 Å². The van der Waals surface area contributed by atoms with Gasteiger partial charge < -0.3 is 10.6 Å². The second-order valence-corrected chi connectivity index (χ2v) is 3.63. The summed E-state index contributed by atoms with van der Waals surface area (Å²) in [6, 6.07) is 7.70. The van der Waals surface area contributed by atoms with E-state index in [0.717, 1.165) is 16.7 Å². The van der Waals surface area contributed by atoms with Crippen LogP contribution < -0.4 is 10.6 Å². The Kier molecular flexibility index (Phi) is 3.62. The van der Waals surface area contributed by atoms with Gasteiger partial charge in [-0.3, -0.25) is 9.78 Å². The summed E-state index contributed by atoms with van der Waals surface area (Å²) in [6.45, 7) is 0.816. The average molecular weight is 230 g/mol. The number of carbonyl (C=O) groups excluding carboxylic acids is 1. The van der Waals surface area contributed by atoms with Crippen molar-refractivity contribution >= 4 is 16.9 Å². The van der Waals surface area contributed by atoms with Crippen LogP contribution in [0.25, 0.3) is 11.0 Å². The zero-order valence-corrected chi connectivity index (χ0v) is 9.60. The Morgan fingerprint density at radius 3 is 2.82 bits per heavy atom. The number of nitrogens with one attached hydrogen (secondary N) is 2. The summed E-state index contributed by atoms with van der Waals surface area (Å²) in [5, 5.41) is 5.55. The molecule has 0 fully saturated rings. The van der Waals surface area contributed by atoms with Gasteiger partial charge >= 0.3 is 0 Å². The van der Waals surface area contributed by atoms with Crippen LogP contribution in [0.2, 0.25) is 0 Å². The van der Waals surface area contributed by atoms with Crippen LogP contribution in [0.4, 0.5) is 0 Å². The molecule has 1 heterocycles. The first-order valence-electron chi connectivity index (χ1n) is 5.41. The van der Waals surface area contributed by atoms with Gasteiger partial charge in [0.05, 0.1) is 29.5 Å². The fraction of sp³-hybridized carbons (Fsp3) is 0.250. The standard InChI is InChI=1S/C12H14N4O/c1-13-12(17)8-14-6-9-7-15-10-4-2-3-5-11(10)16-9/h2-5,7,14H,6,8H2,1H3,(H,13,17). The molecule has 17 heavy (non-hydrogen) atoms. The summed E-state index contributed by atoms with van der Waals surface area (Å²) in [6.07, 6.45) is 1.72. The molecule has 0 saturated carbocycles. The minimum absolute atomic E-state index is 0.0428. The topological polar surface area (TPSA) is 66.9 Å². The van der Waals surface area contributed by atoms with Crippen LogP contribution in [0.1, 0.15) is 5.69 Å². The number of hydrogen-bond donors (Lipinski definition) is 2. The fourth-order valence-corrected chi connectivity index (χ4v) is 1.47. The van der Waals surface area contributed by atoms with Crippen LogP contribution in [0, 0.1) is 0 Å². The quantitative estimate of drug-likeness (QED) is 0.801. The lowest BCUT2D eigenvalue weighted by Crippen LogP contribution is -2.31. The molecule has 0 atom stereocenters. The lowest BCUT2D eigenvalue weighted by atomic mass is 10.3. The Balaban J connectivity index is 2.02. The maximum atomic E-state index is 11.0. The highest BCUT2D eigenvalue weighted by Crippen LogP contribution is 2.07. The number of hydrogen-bond acceptors (Lipinski definition) is 4. The molecule has 1 aromatic carbocycles. The third-order valence-electron chi connectivity index (χ3n) is 2.37. The number of rotatable bonds is 4. The molecule has 0 spiro atoms. The van der Waals surface area contributed by atoms with Crippen LogP contribution in [-0.2, 0) is 11.3 Å². The smallest absolute Gasteiger partial charge is 0.233 e. The van der Waals surface area contributed by atoms with Crippen molar-refractivity contribution < 1.29 is 4.79 Å². The fourth-order valence-electron chi connectivity index (χ4n) is 1.47. The lowest BCUT2D eigenvalue weighted by Gasteiger charge is -2.04. The summed E-state index contributed by atoms with van der Waals surface area (Å²) in [7, 11) is 1.61. The van der Waals surface area contributed by atoms with Gasteiger partial charge in [-0.25, -0.2) is 4.98 Å². The van der Waals surface area contributed by atoms with Crippen molar-refractivity contribution in [1.29, 1.82) is 0 Å².